The Balaban J connectivity index is 1.40. The van der Waals surface area contributed by atoms with Gasteiger partial charge in [-0.1, -0.05) is 23.8 Å². The number of nitrogens with one attached hydrogen (secondary N) is 2. The van der Waals surface area contributed by atoms with Gasteiger partial charge < -0.3 is 14.6 Å². The minimum Gasteiger partial charge on any atom is -0.380 e. The molecule has 6 rings (SSSR count). The summed E-state index contributed by atoms with van der Waals surface area (Å²) in [5, 5.41) is 7.03. The van der Waals surface area contributed by atoms with E-state index in [0.29, 0.717) is 17.4 Å². The minimum absolute atomic E-state index is 0.564. The van der Waals surface area contributed by atoms with Gasteiger partial charge in [-0.3, -0.25) is 0 Å². The summed E-state index contributed by atoms with van der Waals surface area (Å²) in [7, 11) is 0. The van der Waals surface area contributed by atoms with Gasteiger partial charge in [-0.2, -0.15) is 0 Å². The number of anilines is 3. The molecule has 2 N–H and O–H groups in total. The lowest BCUT2D eigenvalue weighted by Gasteiger charge is -2.13. The topological polar surface area (TPSA) is 89.3 Å². The largest absolute Gasteiger partial charge is 0.380 e. The van der Waals surface area contributed by atoms with Crippen LogP contribution < -0.4 is 15.6 Å². The number of aryl methyl sites for hydroxylation is 2. The number of benzene rings is 2. The van der Waals surface area contributed by atoms with Crippen molar-refractivity contribution in [3.8, 4) is 17.1 Å². The quantitative estimate of drug-likeness (QED) is 0.276. The SMILES string of the molecule is Cc1cccc(-c2nc(NOc3ccn4ccnc4c3)c3cc(Nc4nc(C)cs4)ccc3n2)c1. The Morgan fingerprint density at radius 2 is 1.89 bits per heavy atom. The lowest BCUT2D eigenvalue weighted by Crippen LogP contribution is -2.09. The lowest BCUT2D eigenvalue weighted by atomic mass is 10.1. The van der Waals surface area contributed by atoms with Crippen LogP contribution in [0.2, 0.25) is 0 Å². The van der Waals surface area contributed by atoms with E-state index in [1.54, 1.807) is 17.5 Å². The molecule has 0 unspecified atom stereocenters. The number of rotatable bonds is 6. The first-order valence-corrected chi connectivity index (χ1v) is 11.9. The number of hydrogen-bond donors (Lipinski definition) is 2. The fraction of sp³-hybridized carbons (Fsp3) is 0.0769. The third-order valence-corrected chi connectivity index (χ3v) is 6.35. The molecule has 0 aliphatic rings. The summed E-state index contributed by atoms with van der Waals surface area (Å²) in [6.45, 7) is 4.03. The van der Waals surface area contributed by atoms with E-state index in [0.717, 1.165) is 44.2 Å². The number of nitrogens with zero attached hydrogens (tertiary/aromatic N) is 5. The van der Waals surface area contributed by atoms with Crippen LogP contribution in [0.1, 0.15) is 11.3 Å². The summed E-state index contributed by atoms with van der Waals surface area (Å²) >= 11 is 1.56. The maximum absolute atomic E-state index is 5.93. The summed E-state index contributed by atoms with van der Waals surface area (Å²) in [4.78, 5) is 24.4. The van der Waals surface area contributed by atoms with E-state index in [-0.39, 0.29) is 0 Å². The highest BCUT2D eigenvalue weighted by Gasteiger charge is 2.12. The molecule has 0 bridgehead atoms. The fourth-order valence-corrected chi connectivity index (χ4v) is 4.50. The number of aromatic nitrogens is 5. The second-order valence-corrected chi connectivity index (χ2v) is 9.03. The summed E-state index contributed by atoms with van der Waals surface area (Å²) in [5.74, 6) is 1.81. The van der Waals surface area contributed by atoms with Crippen molar-refractivity contribution in [2.45, 2.75) is 13.8 Å². The van der Waals surface area contributed by atoms with Crippen molar-refractivity contribution >= 4 is 44.5 Å². The highest BCUT2D eigenvalue weighted by molar-refractivity contribution is 7.13. The van der Waals surface area contributed by atoms with Crippen LogP contribution in [-0.2, 0) is 0 Å². The van der Waals surface area contributed by atoms with Crippen LogP contribution in [0.25, 0.3) is 27.9 Å². The lowest BCUT2D eigenvalue weighted by molar-refractivity contribution is 0.403. The molecule has 0 aliphatic heterocycles. The van der Waals surface area contributed by atoms with Crippen LogP contribution in [0.4, 0.5) is 16.6 Å². The smallest absolute Gasteiger partial charge is 0.187 e. The molecule has 0 amide bonds. The third kappa shape index (κ3) is 4.36. The first-order chi connectivity index (χ1) is 17.1. The van der Waals surface area contributed by atoms with E-state index in [9.17, 15) is 0 Å². The van der Waals surface area contributed by atoms with Crippen molar-refractivity contribution in [3.63, 3.8) is 0 Å². The first-order valence-electron chi connectivity index (χ1n) is 11.0. The number of thiazole rings is 1. The van der Waals surface area contributed by atoms with Crippen molar-refractivity contribution in [2.75, 3.05) is 10.8 Å². The number of imidazole rings is 1. The molecule has 0 fully saturated rings. The van der Waals surface area contributed by atoms with Gasteiger partial charge in [0.2, 0.25) is 0 Å². The molecule has 6 aromatic rings. The monoisotopic (exact) mass is 479 g/mol. The fourth-order valence-electron chi connectivity index (χ4n) is 3.79. The van der Waals surface area contributed by atoms with E-state index in [1.165, 1.54) is 0 Å². The highest BCUT2D eigenvalue weighted by atomic mass is 32.1. The molecule has 4 aromatic heterocycles. The zero-order valence-electron chi connectivity index (χ0n) is 19.1. The molecule has 9 heteroatoms. The van der Waals surface area contributed by atoms with Gasteiger partial charge in [0.05, 0.1) is 11.2 Å². The summed E-state index contributed by atoms with van der Waals surface area (Å²) in [6, 6.07) is 17.8. The van der Waals surface area contributed by atoms with Crippen LogP contribution in [-0.4, -0.2) is 24.3 Å². The van der Waals surface area contributed by atoms with Gasteiger partial charge in [0.15, 0.2) is 22.5 Å². The van der Waals surface area contributed by atoms with Crippen molar-refractivity contribution < 1.29 is 4.84 Å². The second kappa shape index (κ2) is 8.69. The minimum atomic E-state index is 0.564. The Labute approximate surface area is 205 Å². The van der Waals surface area contributed by atoms with Crippen LogP contribution in [0, 0.1) is 13.8 Å². The highest BCUT2D eigenvalue weighted by Crippen LogP contribution is 2.30. The molecule has 8 nitrogen and oxygen atoms in total. The van der Waals surface area contributed by atoms with Crippen LogP contribution in [0.15, 0.2) is 78.6 Å². The van der Waals surface area contributed by atoms with Crippen LogP contribution in [0.5, 0.6) is 5.75 Å². The molecule has 0 saturated carbocycles. The molecular formula is C26H21N7OS. The Hall–Kier alpha value is -4.50. The number of hydrogen-bond acceptors (Lipinski definition) is 8. The van der Waals surface area contributed by atoms with Gasteiger partial charge in [0, 0.05) is 52.7 Å². The molecular weight excluding hydrogens is 458 g/mol. The summed E-state index contributed by atoms with van der Waals surface area (Å²) in [6.07, 6.45) is 5.53. The van der Waals surface area contributed by atoms with E-state index < -0.39 is 0 Å². The van der Waals surface area contributed by atoms with Gasteiger partial charge in [0.25, 0.3) is 0 Å². The Morgan fingerprint density at radius 1 is 0.943 bits per heavy atom. The van der Waals surface area contributed by atoms with E-state index in [4.69, 9.17) is 14.8 Å². The van der Waals surface area contributed by atoms with Gasteiger partial charge in [-0.15, -0.1) is 11.3 Å². The van der Waals surface area contributed by atoms with Crippen molar-refractivity contribution in [1.29, 1.82) is 0 Å². The molecule has 0 aliphatic carbocycles. The molecule has 0 atom stereocenters. The standard InChI is InChI=1S/C26H21N7OS/c1-16-4-3-5-18(12-16)24-30-22-7-6-19(29-26-28-17(2)15-35-26)13-21(22)25(31-24)32-34-20-8-10-33-11-9-27-23(33)14-20/h3-15H,1-2H3,(H,28,29)(H,30,31,32). The normalized spacial score (nSPS) is 11.1. The van der Waals surface area contributed by atoms with E-state index in [1.807, 2.05) is 71.6 Å². The average molecular weight is 480 g/mol. The van der Waals surface area contributed by atoms with E-state index in [2.05, 4.69) is 39.8 Å². The number of fused-ring (bicyclic) bond motifs is 2. The van der Waals surface area contributed by atoms with Crippen molar-refractivity contribution in [3.05, 3.63) is 89.8 Å². The molecule has 35 heavy (non-hydrogen) atoms. The summed E-state index contributed by atoms with van der Waals surface area (Å²) < 4.78 is 1.92. The molecule has 2 aromatic carbocycles. The Morgan fingerprint density at radius 3 is 2.74 bits per heavy atom. The van der Waals surface area contributed by atoms with Crippen molar-refractivity contribution in [2.24, 2.45) is 0 Å². The van der Waals surface area contributed by atoms with Crippen molar-refractivity contribution in [1.82, 2.24) is 24.3 Å². The average Bonchev–Trinajstić information content (AvgIpc) is 3.50. The molecule has 172 valence electrons. The zero-order chi connectivity index (χ0) is 23.8. The first kappa shape index (κ1) is 21.1. The molecule has 0 saturated heterocycles. The predicted molar refractivity (Wildman–Crippen MR) is 139 cm³/mol. The maximum Gasteiger partial charge on any atom is 0.187 e. The maximum atomic E-state index is 5.93. The molecule has 0 spiro atoms. The Bertz CT molecular complexity index is 1670. The van der Waals surface area contributed by atoms with Gasteiger partial charge in [-0.05, 0) is 38.1 Å². The van der Waals surface area contributed by atoms with Gasteiger partial charge in [-0.25, -0.2) is 25.4 Å². The van der Waals surface area contributed by atoms with Crippen LogP contribution >= 0.6 is 11.3 Å². The predicted octanol–water partition coefficient (Wildman–Crippen LogP) is 6.17. The van der Waals surface area contributed by atoms with Gasteiger partial charge in [0.1, 0.15) is 5.65 Å². The molecule has 0 radical (unpaired) electrons. The zero-order valence-corrected chi connectivity index (χ0v) is 19.9. The molecule has 4 heterocycles. The van der Waals surface area contributed by atoms with E-state index >= 15 is 0 Å². The third-order valence-electron chi connectivity index (χ3n) is 5.48. The Kier molecular flexibility index (Phi) is 5.23. The summed E-state index contributed by atoms with van der Waals surface area (Å²) in [5.41, 5.74) is 8.60. The van der Waals surface area contributed by atoms with Gasteiger partial charge >= 0.3 is 0 Å². The number of pyridine rings is 1. The van der Waals surface area contributed by atoms with Crippen LogP contribution in [0.3, 0.4) is 0 Å². The second-order valence-electron chi connectivity index (χ2n) is 8.18.